The third kappa shape index (κ3) is 4.86. The normalized spacial score (nSPS) is 16.8. The standard InChI is InChI=1S/C19H20ClFN2O3S2/c1-14(27-17-7-5-15(20)6-8-17)19(24)22-9-11-23(12-10-22)28(25,26)18-4-2-3-16(21)13-18/h2-8,13-14H,9-12H2,1H3. The van der Waals surface area contributed by atoms with Crippen molar-refractivity contribution < 1.29 is 17.6 Å². The maximum Gasteiger partial charge on any atom is 0.243 e. The Labute approximate surface area is 173 Å². The molecule has 1 aliphatic heterocycles. The van der Waals surface area contributed by atoms with Gasteiger partial charge in [-0.05, 0) is 49.4 Å². The van der Waals surface area contributed by atoms with Crippen LogP contribution < -0.4 is 0 Å². The van der Waals surface area contributed by atoms with Crippen molar-refractivity contribution in [3.63, 3.8) is 0 Å². The average Bonchev–Trinajstić information content (AvgIpc) is 2.69. The Morgan fingerprint density at radius 1 is 1.11 bits per heavy atom. The fourth-order valence-electron chi connectivity index (χ4n) is 2.95. The summed E-state index contributed by atoms with van der Waals surface area (Å²) in [5.74, 6) is -0.634. The van der Waals surface area contributed by atoms with Crippen molar-refractivity contribution in [1.29, 1.82) is 0 Å². The molecular formula is C19H20ClFN2O3S2. The van der Waals surface area contributed by atoms with E-state index in [-0.39, 0.29) is 29.1 Å². The molecular weight excluding hydrogens is 423 g/mol. The Morgan fingerprint density at radius 2 is 1.75 bits per heavy atom. The van der Waals surface area contributed by atoms with Gasteiger partial charge in [0.1, 0.15) is 5.82 Å². The van der Waals surface area contributed by atoms with E-state index in [1.165, 1.54) is 34.3 Å². The van der Waals surface area contributed by atoms with Crippen LogP contribution in [0.25, 0.3) is 0 Å². The van der Waals surface area contributed by atoms with Crippen molar-refractivity contribution >= 4 is 39.3 Å². The predicted octanol–water partition coefficient (Wildman–Crippen LogP) is 3.49. The van der Waals surface area contributed by atoms with E-state index in [1.807, 2.05) is 19.1 Å². The minimum Gasteiger partial charge on any atom is -0.339 e. The van der Waals surface area contributed by atoms with Gasteiger partial charge in [-0.1, -0.05) is 17.7 Å². The number of hydrogen-bond donors (Lipinski definition) is 0. The predicted molar refractivity (Wildman–Crippen MR) is 109 cm³/mol. The second-order valence-corrected chi connectivity index (χ2v) is 10.2. The van der Waals surface area contributed by atoms with Gasteiger partial charge in [0, 0.05) is 36.1 Å². The van der Waals surface area contributed by atoms with E-state index < -0.39 is 15.8 Å². The van der Waals surface area contributed by atoms with E-state index >= 15 is 0 Å². The van der Waals surface area contributed by atoms with Gasteiger partial charge in [-0.25, -0.2) is 12.8 Å². The van der Waals surface area contributed by atoms with E-state index in [1.54, 1.807) is 17.0 Å². The van der Waals surface area contributed by atoms with Crippen LogP contribution in [0.15, 0.2) is 58.3 Å². The third-order valence-electron chi connectivity index (χ3n) is 4.46. The number of carbonyl (C=O) groups excluding carboxylic acids is 1. The molecule has 0 aromatic heterocycles. The van der Waals surface area contributed by atoms with Gasteiger partial charge in [-0.2, -0.15) is 4.31 Å². The van der Waals surface area contributed by atoms with Crippen molar-refractivity contribution in [2.75, 3.05) is 26.2 Å². The number of amides is 1. The van der Waals surface area contributed by atoms with Crippen molar-refractivity contribution in [2.45, 2.75) is 22.0 Å². The van der Waals surface area contributed by atoms with Crippen molar-refractivity contribution in [1.82, 2.24) is 9.21 Å². The summed E-state index contributed by atoms with van der Waals surface area (Å²) in [5, 5.41) is 0.339. The summed E-state index contributed by atoms with van der Waals surface area (Å²) in [5.41, 5.74) is 0. The monoisotopic (exact) mass is 442 g/mol. The molecule has 5 nitrogen and oxygen atoms in total. The largest absolute Gasteiger partial charge is 0.339 e. The third-order valence-corrected chi connectivity index (χ3v) is 7.70. The Hall–Kier alpha value is -1.61. The van der Waals surface area contributed by atoms with Crippen LogP contribution in [-0.4, -0.2) is 55.0 Å². The number of thioether (sulfide) groups is 1. The highest BCUT2D eigenvalue weighted by molar-refractivity contribution is 8.00. The van der Waals surface area contributed by atoms with E-state index in [2.05, 4.69) is 0 Å². The summed E-state index contributed by atoms with van der Waals surface area (Å²) in [6.07, 6.45) is 0. The molecule has 1 atom stereocenters. The molecule has 3 rings (SSSR count). The maximum absolute atomic E-state index is 13.4. The number of nitrogens with zero attached hydrogens (tertiary/aromatic N) is 2. The van der Waals surface area contributed by atoms with Crippen LogP contribution in [0.1, 0.15) is 6.92 Å². The zero-order valence-corrected chi connectivity index (χ0v) is 17.6. The van der Waals surface area contributed by atoms with Crippen molar-refractivity contribution in [3.05, 3.63) is 59.4 Å². The highest BCUT2D eigenvalue weighted by Crippen LogP contribution is 2.26. The summed E-state index contributed by atoms with van der Waals surface area (Å²) in [4.78, 5) is 15.2. The number of hydrogen-bond acceptors (Lipinski definition) is 4. The van der Waals surface area contributed by atoms with Gasteiger partial charge in [0.15, 0.2) is 0 Å². The van der Waals surface area contributed by atoms with Gasteiger partial charge in [0.2, 0.25) is 15.9 Å². The molecule has 1 fully saturated rings. The SMILES string of the molecule is CC(Sc1ccc(Cl)cc1)C(=O)N1CCN(S(=O)(=O)c2cccc(F)c2)CC1. The van der Waals surface area contributed by atoms with Crippen LogP contribution in [0, 0.1) is 5.82 Å². The van der Waals surface area contributed by atoms with E-state index in [0.717, 1.165) is 11.0 Å². The van der Waals surface area contributed by atoms with E-state index in [9.17, 15) is 17.6 Å². The number of carbonyl (C=O) groups is 1. The van der Waals surface area contributed by atoms with Crippen LogP contribution in [0.2, 0.25) is 5.02 Å². The lowest BCUT2D eigenvalue weighted by atomic mass is 10.3. The summed E-state index contributed by atoms with van der Waals surface area (Å²) >= 11 is 7.31. The Balaban J connectivity index is 1.59. The Kier molecular flexibility index (Phi) is 6.65. The molecule has 0 saturated carbocycles. The minimum atomic E-state index is -3.77. The minimum absolute atomic E-state index is 0.0391. The van der Waals surface area contributed by atoms with Crippen LogP contribution >= 0.6 is 23.4 Å². The van der Waals surface area contributed by atoms with Crippen LogP contribution in [-0.2, 0) is 14.8 Å². The molecule has 0 bridgehead atoms. The fourth-order valence-corrected chi connectivity index (χ4v) is 5.48. The van der Waals surface area contributed by atoms with Crippen molar-refractivity contribution in [2.24, 2.45) is 0 Å². The molecule has 28 heavy (non-hydrogen) atoms. The van der Waals surface area contributed by atoms with Gasteiger partial charge in [0.25, 0.3) is 0 Å². The first-order chi connectivity index (χ1) is 13.3. The van der Waals surface area contributed by atoms with Gasteiger partial charge in [-0.15, -0.1) is 11.8 Å². The molecule has 0 N–H and O–H groups in total. The second-order valence-electron chi connectivity index (χ2n) is 6.40. The smallest absolute Gasteiger partial charge is 0.243 e. The van der Waals surface area contributed by atoms with Gasteiger partial charge in [0.05, 0.1) is 10.1 Å². The Bertz CT molecular complexity index is 946. The number of benzene rings is 2. The maximum atomic E-state index is 13.4. The van der Waals surface area contributed by atoms with Crippen LogP contribution in [0.4, 0.5) is 4.39 Å². The Morgan fingerprint density at radius 3 is 2.36 bits per heavy atom. The van der Waals surface area contributed by atoms with E-state index in [0.29, 0.717) is 18.1 Å². The number of rotatable bonds is 5. The highest BCUT2D eigenvalue weighted by atomic mass is 35.5. The number of piperazine rings is 1. The second kappa shape index (κ2) is 8.82. The molecule has 1 aliphatic rings. The quantitative estimate of drug-likeness (QED) is 0.665. The van der Waals surface area contributed by atoms with Gasteiger partial charge >= 0.3 is 0 Å². The zero-order chi connectivity index (χ0) is 20.3. The molecule has 2 aromatic rings. The highest BCUT2D eigenvalue weighted by Gasteiger charge is 2.31. The molecule has 1 saturated heterocycles. The topological polar surface area (TPSA) is 57.7 Å². The molecule has 0 spiro atoms. The van der Waals surface area contributed by atoms with Crippen molar-refractivity contribution in [3.8, 4) is 0 Å². The lowest BCUT2D eigenvalue weighted by molar-refractivity contribution is -0.131. The molecule has 2 aromatic carbocycles. The summed E-state index contributed by atoms with van der Waals surface area (Å²) in [6.45, 7) is 2.81. The lowest BCUT2D eigenvalue weighted by Crippen LogP contribution is -2.52. The summed E-state index contributed by atoms with van der Waals surface area (Å²) in [7, 11) is -3.77. The molecule has 1 amide bonds. The first-order valence-corrected chi connectivity index (χ1v) is 11.4. The zero-order valence-electron chi connectivity index (χ0n) is 15.2. The van der Waals surface area contributed by atoms with Crippen LogP contribution in [0.5, 0.6) is 0 Å². The number of sulfonamides is 1. The molecule has 0 radical (unpaired) electrons. The van der Waals surface area contributed by atoms with Gasteiger partial charge < -0.3 is 4.90 Å². The molecule has 1 heterocycles. The molecule has 150 valence electrons. The molecule has 1 unspecified atom stereocenters. The van der Waals surface area contributed by atoms with Gasteiger partial charge in [-0.3, -0.25) is 4.79 Å². The lowest BCUT2D eigenvalue weighted by Gasteiger charge is -2.35. The first-order valence-electron chi connectivity index (χ1n) is 8.74. The molecule has 0 aliphatic carbocycles. The summed E-state index contributed by atoms with van der Waals surface area (Å²) in [6, 6.07) is 12.2. The number of halogens is 2. The van der Waals surface area contributed by atoms with E-state index in [4.69, 9.17) is 11.6 Å². The first kappa shape index (κ1) is 21.1. The fraction of sp³-hybridized carbons (Fsp3) is 0.316. The van der Waals surface area contributed by atoms with Crippen LogP contribution in [0.3, 0.4) is 0 Å². The average molecular weight is 443 g/mol. The summed E-state index contributed by atoms with van der Waals surface area (Å²) < 4.78 is 40.0. The molecule has 9 heteroatoms.